The molecule has 0 amide bonds. The number of esters is 1. The van der Waals surface area contributed by atoms with E-state index in [0.717, 1.165) is 11.3 Å². The van der Waals surface area contributed by atoms with Crippen molar-refractivity contribution in [3.8, 4) is 11.5 Å². The molecule has 3 rings (SSSR count). The largest absolute Gasteiger partial charge is 0.490 e. The van der Waals surface area contributed by atoms with Crippen LogP contribution in [0.4, 0.5) is 0 Å². The van der Waals surface area contributed by atoms with Crippen molar-refractivity contribution in [2.75, 3.05) is 19.8 Å². The topological polar surface area (TPSA) is 44.8 Å². The van der Waals surface area contributed by atoms with Crippen LogP contribution in [0, 0.1) is 0 Å². The lowest BCUT2D eigenvalue weighted by Gasteiger charge is -2.12. The minimum Gasteiger partial charge on any atom is -0.490 e. The van der Waals surface area contributed by atoms with Crippen molar-refractivity contribution in [2.45, 2.75) is 6.42 Å². The van der Waals surface area contributed by atoms with Gasteiger partial charge in [-0.3, -0.25) is 0 Å². The molecule has 0 aromatic heterocycles. The highest BCUT2D eigenvalue weighted by Gasteiger charge is 2.13. The highest BCUT2D eigenvalue weighted by molar-refractivity contribution is 5.92. The van der Waals surface area contributed by atoms with Gasteiger partial charge in [0.1, 0.15) is 30.3 Å². The molecule has 0 spiro atoms. The van der Waals surface area contributed by atoms with Crippen molar-refractivity contribution < 1.29 is 19.0 Å². The first-order valence-electron chi connectivity index (χ1n) is 8.93. The van der Waals surface area contributed by atoms with Gasteiger partial charge in [-0.2, -0.15) is 0 Å². The Morgan fingerprint density at radius 1 is 0.667 bits per heavy atom. The van der Waals surface area contributed by atoms with E-state index in [4.69, 9.17) is 14.2 Å². The van der Waals surface area contributed by atoms with Crippen molar-refractivity contribution in [1.29, 1.82) is 0 Å². The third kappa shape index (κ3) is 5.89. The number of hydrogen-bond acceptors (Lipinski definition) is 4. The molecule has 0 unspecified atom stereocenters. The Morgan fingerprint density at radius 3 is 2.07 bits per heavy atom. The fourth-order valence-corrected chi connectivity index (χ4v) is 2.57. The third-order valence-electron chi connectivity index (χ3n) is 3.93. The van der Waals surface area contributed by atoms with Gasteiger partial charge >= 0.3 is 5.97 Å². The van der Waals surface area contributed by atoms with Crippen LogP contribution >= 0.6 is 0 Å². The molecule has 0 fully saturated rings. The van der Waals surface area contributed by atoms with Crippen molar-refractivity contribution >= 4 is 5.97 Å². The number of para-hydroxylation sites is 2. The average Bonchev–Trinajstić information content (AvgIpc) is 2.73. The Balaban J connectivity index is 1.48. The fraction of sp³-hybridized carbons (Fsp3) is 0.174. The molecule has 0 bridgehead atoms. The van der Waals surface area contributed by atoms with Crippen LogP contribution in [0.1, 0.15) is 15.9 Å². The molecule has 27 heavy (non-hydrogen) atoms. The standard InChI is InChI=1S/C23H22O4/c24-23(27-16-15-19-9-3-1-4-10-19)21-13-7-8-14-22(21)26-18-17-25-20-11-5-2-6-12-20/h1-14H,15-18H2. The zero-order chi connectivity index (χ0) is 18.7. The molecule has 0 heterocycles. The summed E-state index contributed by atoms with van der Waals surface area (Å²) in [6, 6.07) is 26.5. The van der Waals surface area contributed by atoms with Gasteiger partial charge in [0.2, 0.25) is 0 Å². The van der Waals surface area contributed by atoms with E-state index in [1.165, 1.54) is 0 Å². The van der Waals surface area contributed by atoms with E-state index in [1.807, 2.05) is 66.7 Å². The Hall–Kier alpha value is -3.27. The molecule has 4 heteroatoms. The lowest BCUT2D eigenvalue weighted by atomic mass is 10.2. The fourth-order valence-electron chi connectivity index (χ4n) is 2.57. The van der Waals surface area contributed by atoms with Gasteiger partial charge in [0.05, 0.1) is 6.61 Å². The highest BCUT2D eigenvalue weighted by Crippen LogP contribution is 2.19. The van der Waals surface area contributed by atoms with Crippen molar-refractivity contribution in [3.63, 3.8) is 0 Å². The van der Waals surface area contributed by atoms with E-state index in [-0.39, 0.29) is 5.97 Å². The quantitative estimate of drug-likeness (QED) is 0.414. The van der Waals surface area contributed by atoms with Crippen LogP contribution in [0.15, 0.2) is 84.9 Å². The summed E-state index contributed by atoms with van der Waals surface area (Å²) in [7, 11) is 0. The van der Waals surface area contributed by atoms with Crippen molar-refractivity contribution in [2.24, 2.45) is 0 Å². The second-order valence-corrected chi connectivity index (χ2v) is 5.88. The van der Waals surface area contributed by atoms with Gasteiger partial charge in [-0.1, -0.05) is 60.7 Å². The number of rotatable bonds is 9. The van der Waals surface area contributed by atoms with Gasteiger partial charge in [-0.25, -0.2) is 4.79 Å². The second kappa shape index (κ2) is 10.0. The Morgan fingerprint density at radius 2 is 1.30 bits per heavy atom. The molecule has 0 saturated heterocycles. The summed E-state index contributed by atoms with van der Waals surface area (Å²) in [4.78, 5) is 12.4. The summed E-state index contributed by atoms with van der Waals surface area (Å²) >= 11 is 0. The lowest BCUT2D eigenvalue weighted by molar-refractivity contribution is 0.0504. The van der Waals surface area contributed by atoms with Crippen LogP contribution in [0.2, 0.25) is 0 Å². The second-order valence-electron chi connectivity index (χ2n) is 5.88. The summed E-state index contributed by atoms with van der Waals surface area (Å²) in [5.41, 5.74) is 1.55. The molecule has 0 N–H and O–H groups in total. The maximum atomic E-state index is 12.4. The summed E-state index contributed by atoms with van der Waals surface area (Å²) < 4.78 is 16.7. The molecule has 0 atom stereocenters. The number of benzene rings is 3. The zero-order valence-electron chi connectivity index (χ0n) is 15.0. The SMILES string of the molecule is O=C(OCCc1ccccc1)c1ccccc1OCCOc1ccccc1. The summed E-state index contributed by atoms with van der Waals surface area (Å²) in [6.45, 7) is 1.05. The first-order chi connectivity index (χ1) is 13.3. The zero-order valence-corrected chi connectivity index (χ0v) is 15.0. The molecule has 4 nitrogen and oxygen atoms in total. The Labute approximate surface area is 159 Å². The molecule has 0 aliphatic carbocycles. The number of hydrogen-bond donors (Lipinski definition) is 0. The molecule has 0 aliphatic rings. The molecular weight excluding hydrogens is 340 g/mol. The van der Waals surface area contributed by atoms with Gasteiger partial charge in [0.15, 0.2) is 0 Å². The van der Waals surface area contributed by atoms with Crippen LogP contribution in [0.5, 0.6) is 11.5 Å². The van der Waals surface area contributed by atoms with Crippen molar-refractivity contribution in [1.82, 2.24) is 0 Å². The van der Waals surface area contributed by atoms with Crippen LogP contribution < -0.4 is 9.47 Å². The summed E-state index contributed by atoms with van der Waals surface area (Å²) in [5.74, 6) is 0.902. The smallest absolute Gasteiger partial charge is 0.341 e. The first kappa shape index (κ1) is 18.5. The van der Waals surface area contributed by atoms with Gasteiger partial charge < -0.3 is 14.2 Å². The third-order valence-corrected chi connectivity index (χ3v) is 3.93. The minimum absolute atomic E-state index is 0.328. The normalized spacial score (nSPS) is 10.2. The summed E-state index contributed by atoms with van der Waals surface area (Å²) in [5, 5.41) is 0. The molecule has 0 saturated carbocycles. The van der Waals surface area contributed by atoms with E-state index in [2.05, 4.69) is 0 Å². The molecular formula is C23H22O4. The predicted octanol–water partition coefficient (Wildman–Crippen LogP) is 4.54. The minimum atomic E-state index is -0.384. The van der Waals surface area contributed by atoms with Crippen LogP contribution in [-0.4, -0.2) is 25.8 Å². The average molecular weight is 362 g/mol. The maximum absolute atomic E-state index is 12.4. The van der Waals surface area contributed by atoms with E-state index < -0.39 is 0 Å². The molecule has 3 aromatic carbocycles. The van der Waals surface area contributed by atoms with E-state index in [0.29, 0.717) is 37.6 Å². The van der Waals surface area contributed by atoms with E-state index in [1.54, 1.807) is 18.2 Å². The van der Waals surface area contributed by atoms with Gasteiger partial charge in [-0.05, 0) is 29.8 Å². The Kier molecular flexibility index (Phi) is 6.87. The lowest BCUT2D eigenvalue weighted by Crippen LogP contribution is -2.13. The van der Waals surface area contributed by atoms with Gasteiger partial charge in [-0.15, -0.1) is 0 Å². The Bertz CT molecular complexity index is 831. The molecule has 0 radical (unpaired) electrons. The predicted molar refractivity (Wildman–Crippen MR) is 104 cm³/mol. The maximum Gasteiger partial charge on any atom is 0.341 e. The van der Waals surface area contributed by atoms with Crippen LogP contribution in [0.3, 0.4) is 0 Å². The number of carbonyl (C=O) groups is 1. The van der Waals surface area contributed by atoms with Crippen LogP contribution in [0.25, 0.3) is 0 Å². The van der Waals surface area contributed by atoms with E-state index >= 15 is 0 Å². The number of carbonyl (C=O) groups excluding carboxylic acids is 1. The molecule has 3 aromatic rings. The van der Waals surface area contributed by atoms with Crippen molar-refractivity contribution in [3.05, 3.63) is 96.1 Å². The number of ether oxygens (including phenoxy) is 3. The van der Waals surface area contributed by atoms with Gasteiger partial charge in [0, 0.05) is 6.42 Å². The van der Waals surface area contributed by atoms with Crippen LogP contribution in [-0.2, 0) is 11.2 Å². The molecule has 138 valence electrons. The summed E-state index contributed by atoms with van der Waals surface area (Å²) in [6.07, 6.45) is 0.681. The molecule has 0 aliphatic heterocycles. The monoisotopic (exact) mass is 362 g/mol. The van der Waals surface area contributed by atoms with Gasteiger partial charge in [0.25, 0.3) is 0 Å². The first-order valence-corrected chi connectivity index (χ1v) is 8.93. The highest BCUT2D eigenvalue weighted by atomic mass is 16.5. The van der Waals surface area contributed by atoms with E-state index in [9.17, 15) is 4.79 Å².